The van der Waals surface area contributed by atoms with E-state index in [1.54, 1.807) is 31.2 Å². The summed E-state index contributed by atoms with van der Waals surface area (Å²) in [6.07, 6.45) is 0.528. The molecule has 0 unspecified atom stereocenters. The monoisotopic (exact) mass is 322 g/mol. The average Bonchev–Trinajstić information content (AvgIpc) is 2.61. The third-order valence-corrected chi connectivity index (χ3v) is 4.20. The van der Waals surface area contributed by atoms with Gasteiger partial charge < -0.3 is 9.52 Å². The van der Waals surface area contributed by atoms with E-state index in [4.69, 9.17) is 4.42 Å². The molecule has 1 atom stereocenters. The minimum atomic E-state index is -0.607. The van der Waals surface area contributed by atoms with Crippen LogP contribution in [0.15, 0.2) is 63.8 Å². The van der Waals surface area contributed by atoms with Gasteiger partial charge in [-0.3, -0.25) is 4.79 Å². The molecule has 4 heteroatoms. The normalized spacial score (nSPS) is 12.2. The van der Waals surface area contributed by atoms with Crippen molar-refractivity contribution in [3.05, 3.63) is 76.1 Å². The van der Waals surface area contributed by atoms with Gasteiger partial charge >= 0.3 is 5.63 Å². The van der Waals surface area contributed by atoms with Gasteiger partial charge in [0.2, 0.25) is 0 Å². The minimum Gasteiger partial charge on any atom is -0.507 e. The number of rotatable bonds is 5. The number of para-hydroxylation sites is 1. The highest BCUT2D eigenvalue weighted by Gasteiger charge is 2.26. The molecule has 0 radical (unpaired) electrons. The maximum absolute atomic E-state index is 12.5. The van der Waals surface area contributed by atoms with E-state index < -0.39 is 11.5 Å². The quantitative estimate of drug-likeness (QED) is 0.721. The van der Waals surface area contributed by atoms with E-state index in [1.807, 2.05) is 30.3 Å². The molecule has 0 saturated heterocycles. The van der Waals surface area contributed by atoms with Crippen molar-refractivity contribution in [3.63, 3.8) is 0 Å². The molecule has 3 rings (SSSR count). The number of fused-ring (bicyclic) bond motifs is 1. The molecule has 1 heterocycles. The highest BCUT2D eigenvalue weighted by Crippen LogP contribution is 2.36. The molecule has 1 N–H and O–H groups in total. The van der Waals surface area contributed by atoms with Gasteiger partial charge in [0.1, 0.15) is 17.1 Å². The minimum absolute atomic E-state index is 0.0239. The number of carbonyl (C=O) groups excluding carboxylic acids is 1. The van der Waals surface area contributed by atoms with Crippen LogP contribution in [-0.2, 0) is 4.79 Å². The van der Waals surface area contributed by atoms with Gasteiger partial charge in [0, 0.05) is 18.8 Å². The van der Waals surface area contributed by atoms with Gasteiger partial charge in [-0.2, -0.15) is 0 Å². The smallest absolute Gasteiger partial charge is 0.343 e. The summed E-state index contributed by atoms with van der Waals surface area (Å²) in [4.78, 5) is 24.5. The van der Waals surface area contributed by atoms with Crippen LogP contribution in [0.1, 0.15) is 36.8 Å². The summed E-state index contributed by atoms with van der Waals surface area (Å²) in [5.41, 5.74) is 0.667. The second kappa shape index (κ2) is 6.71. The predicted octanol–water partition coefficient (Wildman–Crippen LogP) is 4.00. The Labute approximate surface area is 139 Å². The van der Waals surface area contributed by atoms with E-state index in [0.717, 1.165) is 5.56 Å². The molecule has 0 saturated carbocycles. The van der Waals surface area contributed by atoms with E-state index in [-0.39, 0.29) is 23.5 Å². The summed E-state index contributed by atoms with van der Waals surface area (Å²) in [5, 5.41) is 11.1. The van der Waals surface area contributed by atoms with Crippen LogP contribution in [0.2, 0.25) is 0 Å². The summed E-state index contributed by atoms with van der Waals surface area (Å²) < 4.78 is 5.36. The predicted molar refractivity (Wildman–Crippen MR) is 92.3 cm³/mol. The van der Waals surface area contributed by atoms with E-state index in [9.17, 15) is 14.7 Å². The second-order valence-electron chi connectivity index (χ2n) is 5.71. The molecule has 2 aromatic carbocycles. The molecule has 0 aliphatic carbocycles. The van der Waals surface area contributed by atoms with Crippen molar-refractivity contribution in [2.75, 3.05) is 0 Å². The standard InChI is InChI=1S/C20H18O4/c1-2-14(21)12-16(13-8-4-3-5-9-13)18-19(22)15-10-6-7-11-17(15)24-20(18)23/h3-11,16,22H,2,12H2,1H3/t16-/m0/s1. The fourth-order valence-corrected chi connectivity index (χ4v) is 2.90. The van der Waals surface area contributed by atoms with Crippen LogP contribution in [0.4, 0.5) is 0 Å². The van der Waals surface area contributed by atoms with Gasteiger partial charge in [-0.1, -0.05) is 49.4 Å². The van der Waals surface area contributed by atoms with Gasteiger partial charge in [0.25, 0.3) is 0 Å². The van der Waals surface area contributed by atoms with Crippen molar-refractivity contribution in [1.82, 2.24) is 0 Å². The maximum atomic E-state index is 12.5. The Morgan fingerprint density at radius 3 is 2.46 bits per heavy atom. The zero-order valence-electron chi connectivity index (χ0n) is 13.4. The maximum Gasteiger partial charge on any atom is 0.343 e. The summed E-state index contributed by atoms with van der Waals surface area (Å²) in [5.74, 6) is -0.616. The SMILES string of the molecule is CCC(=O)C[C@@H](c1ccccc1)c1c(O)c2ccccc2oc1=O. The van der Waals surface area contributed by atoms with Gasteiger partial charge in [-0.25, -0.2) is 4.79 Å². The van der Waals surface area contributed by atoms with E-state index in [0.29, 0.717) is 17.4 Å². The number of hydrogen-bond acceptors (Lipinski definition) is 4. The van der Waals surface area contributed by atoms with Crippen LogP contribution in [0.3, 0.4) is 0 Å². The van der Waals surface area contributed by atoms with Crippen molar-refractivity contribution in [2.24, 2.45) is 0 Å². The lowest BCUT2D eigenvalue weighted by Crippen LogP contribution is -2.17. The highest BCUT2D eigenvalue weighted by atomic mass is 16.4. The fraction of sp³-hybridized carbons (Fsp3) is 0.200. The van der Waals surface area contributed by atoms with Crippen LogP contribution in [0.5, 0.6) is 5.75 Å². The van der Waals surface area contributed by atoms with Crippen LogP contribution in [0.25, 0.3) is 11.0 Å². The molecule has 0 amide bonds. The molecule has 1 aromatic heterocycles. The summed E-state index contributed by atoms with van der Waals surface area (Å²) in [6, 6.07) is 16.1. The largest absolute Gasteiger partial charge is 0.507 e. The Morgan fingerprint density at radius 2 is 1.75 bits per heavy atom. The zero-order chi connectivity index (χ0) is 17.1. The van der Waals surface area contributed by atoms with Crippen molar-refractivity contribution < 1.29 is 14.3 Å². The third kappa shape index (κ3) is 2.95. The first-order chi connectivity index (χ1) is 11.6. The van der Waals surface area contributed by atoms with E-state index in [2.05, 4.69) is 0 Å². The fourth-order valence-electron chi connectivity index (χ4n) is 2.90. The Bertz CT molecular complexity index is 925. The van der Waals surface area contributed by atoms with Gasteiger partial charge in [-0.15, -0.1) is 0 Å². The molecule has 0 spiro atoms. The molecule has 3 aromatic rings. The van der Waals surface area contributed by atoms with Crippen LogP contribution in [-0.4, -0.2) is 10.9 Å². The number of aromatic hydroxyl groups is 1. The molecule has 0 fully saturated rings. The lowest BCUT2D eigenvalue weighted by molar-refractivity contribution is -0.118. The molecule has 0 aliphatic heterocycles. The number of ketones is 1. The molecule has 122 valence electrons. The van der Waals surface area contributed by atoms with Gasteiger partial charge in [-0.05, 0) is 17.7 Å². The lowest BCUT2D eigenvalue weighted by atomic mass is 9.86. The first kappa shape index (κ1) is 16.0. The van der Waals surface area contributed by atoms with Crippen molar-refractivity contribution >= 4 is 16.8 Å². The van der Waals surface area contributed by atoms with Gasteiger partial charge in [0.15, 0.2) is 0 Å². The first-order valence-corrected chi connectivity index (χ1v) is 7.93. The number of hydrogen-bond donors (Lipinski definition) is 1. The summed E-state index contributed by atoms with van der Waals surface area (Å²) in [7, 11) is 0. The van der Waals surface area contributed by atoms with Crippen LogP contribution in [0, 0.1) is 0 Å². The molecule has 4 nitrogen and oxygen atoms in total. The van der Waals surface area contributed by atoms with E-state index >= 15 is 0 Å². The Hall–Kier alpha value is -2.88. The second-order valence-corrected chi connectivity index (χ2v) is 5.71. The molecular formula is C20H18O4. The van der Waals surface area contributed by atoms with Crippen molar-refractivity contribution in [3.8, 4) is 5.75 Å². The molecule has 0 aliphatic rings. The number of carbonyl (C=O) groups is 1. The van der Waals surface area contributed by atoms with Crippen LogP contribution >= 0.6 is 0 Å². The Kier molecular flexibility index (Phi) is 4.47. The first-order valence-electron chi connectivity index (χ1n) is 7.93. The third-order valence-electron chi connectivity index (χ3n) is 4.20. The molecule has 0 bridgehead atoms. The Balaban J connectivity index is 2.23. The zero-order valence-corrected chi connectivity index (χ0v) is 13.4. The van der Waals surface area contributed by atoms with Crippen molar-refractivity contribution in [2.45, 2.75) is 25.7 Å². The summed E-state index contributed by atoms with van der Waals surface area (Å²) >= 11 is 0. The average molecular weight is 322 g/mol. The van der Waals surface area contributed by atoms with Crippen molar-refractivity contribution in [1.29, 1.82) is 0 Å². The van der Waals surface area contributed by atoms with E-state index in [1.165, 1.54) is 0 Å². The Morgan fingerprint density at radius 1 is 1.08 bits per heavy atom. The summed E-state index contributed by atoms with van der Waals surface area (Å²) in [6.45, 7) is 1.78. The lowest BCUT2D eigenvalue weighted by Gasteiger charge is -2.17. The van der Waals surface area contributed by atoms with Crippen LogP contribution < -0.4 is 5.63 Å². The number of benzene rings is 2. The molecule has 24 heavy (non-hydrogen) atoms. The molecular weight excluding hydrogens is 304 g/mol. The highest BCUT2D eigenvalue weighted by molar-refractivity contribution is 5.85. The number of Topliss-reactive ketones (excluding diaryl/α,β-unsaturated/α-hetero) is 1. The van der Waals surface area contributed by atoms with Gasteiger partial charge in [0.05, 0.1) is 10.9 Å². The topological polar surface area (TPSA) is 67.5 Å².